The molecule has 1 aliphatic rings. The second kappa shape index (κ2) is 9.21. The number of alkyl halides is 3. The van der Waals surface area contributed by atoms with Gasteiger partial charge in [0.15, 0.2) is 5.96 Å². The Morgan fingerprint density at radius 1 is 1.35 bits per heavy atom. The molecule has 146 valence electrons. The summed E-state index contributed by atoms with van der Waals surface area (Å²) in [5.41, 5.74) is 1.92. The monoisotopic (exact) mass is 374 g/mol. The lowest BCUT2D eigenvalue weighted by Crippen LogP contribution is -2.45. The summed E-state index contributed by atoms with van der Waals surface area (Å²) in [5.74, 6) is 0.348. The van der Waals surface area contributed by atoms with Gasteiger partial charge in [0.1, 0.15) is 5.82 Å². The van der Waals surface area contributed by atoms with E-state index in [0.717, 1.165) is 11.1 Å². The van der Waals surface area contributed by atoms with E-state index in [4.69, 9.17) is 0 Å². The van der Waals surface area contributed by atoms with Crippen LogP contribution in [0.4, 0.5) is 17.6 Å². The molecule has 0 spiro atoms. The zero-order chi connectivity index (χ0) is 19.2. The maximum atomic E-state index is 13.1. The lowest BCUT2D eigenvalue weighted by molar-refractivity contribution is -0.143. The third-order valence-corrected chi connectivity index (χ3v) is 4.32. The molecule has 2 N–H and O–H groups in total. The van der Waals surface area contributed by atoms with Gasteiger partial charge in [-0.2, -0.15) is 13.2 Å². The van der Waals surface area contributed by atoms with Crippen molar-refractivity contribution in [1.82, 2.24) is 15.5 Å². The predicted octanol–water partition coefficient (Wildman–Crippen LogP) is 2.87. The molecular formula is C18H26F4N4. The third-order valence-electron chi connectivity index (χ3n) is 4.32. The second-order valence-corrected chi connectivity index (χ2v) is 6.56. The molecule has 8 heteroatoms. The number of aliphatic imine (C=N–C) groups is 1. The molecule has 1 unspecified atom stereocenters. The Morgan fingerprint density at radius 3 is 2.77 bits per heavy atom. The van der Waals surface area contributed by atoms with Gasteiger partial charge in [-0.1, -0.05) is 6.07 Å². The lowest BCUT2D eigenvalue weighted by Gasteiger charge is -2.19. The van der Waals surface area contributed by atoms with Crippen molar-refractivity contribution >= 4 is 5.96 Å². The Hall–Kier alpha value is -1.83. The molecule has 0 amide bonds. The van der Waals surface area contributed by atoms with Gasteiger partial charge in [-0.05, 0) is 49.9 Å². The van der Waals surface area contributed by atoms with Crippen molar-refractivity contribution in [3.8, 4) is 0 Å². The third kappa shape index (κ3) is 6.82. The molecule has 1 saturated heterocycles. The topological polar surface area (TPSA) is 39.7 Å². The van der Waals surface area contributed by atoms with Crippen LogP contribution < -0.4 is 10.6 Å². The van der Waals surface area contributed by atoms with Gasteiger partial charge in [0.05, 0.1) is 6.54 Å². The fourth-order valence-corrected chi connectivity index (χ4v) is 3.09. The lowest BCUT2D eigenvalue weighted by atomic mass is 10.1. The average molecular weight is 374 g/mol. The summed E-state index contributed by atoms with van der Waals surface area (Å²) in [5, 5.41) is 6.33. The Labute approximate surface area is 151 Å². The van der Waals surface area contributed by atoms with Crippen molar-refractivity contribution in [2.45, 2.75) is 38.9 Å². The average Bonchev–Trinajstić information content (AvgIpc) is 2.94. The highest BCUT2D eigenvalue weighted by molar-refractivity contribution is 5.80. The van der Waals surface area contributed by atoms with Gasteiger partial charge in [-0.3, -0.25) is 9.89 Å². The number of hydrogen-bond acceptors (Lipinski definition) is 2. The highest BCUT2D eigenvalue weighted by Gasteiger charge is 2.34. The molecular weight excluding hydrogens is 348 g/mol. The first-order valence-corrected chi connectivity index (χ1v) is 8.86. The van der Waals surface area contributed by atoms with Crippen LogP contribution in [0, 0.1) is 12.7 Å². The van der Waals surface area contributed by atoms with Gasteiger partial charge in [0, 0.05) is 32.2 Å². The molecule has 1 aromatic carbocycles. The second-order valence-electron chi connectivity index (χ2n) is 6.56. The number of nitrogens with one attached hydrogen (secondary N) is 2. The van der Waals surface area contributed by atoms with E-state index in [1.165, 1.54) is 17.0 Å². The SMILES string of the molecule is CCNC(=NCCc1ccc(F)cc1C)NC1CCN(CC(F)(F)F)C1. The molecule has 0 aliphatic carbocycles. The van der Waals surface area contributed by atoms with Crippen LogP contribution in [0.3, 0.4) is 0 Å². The van der Waals surface area contributed by atoms with Crippen molar-refractivity contribution in [1.29, 1.82) is 0 Å². The predicted molar refractivity (Wildman–Crippen MR) is 94.9 cm³/mol. The van der Waals surface area contributed by atoms with Crippen LogP contribution in [0.1, 0.15) is 24.5 Å². The van der Waals surface area contributed by atoms with Crippen molar-refractivity contribution in [3.05, 3.63) is 35.1 Å². The first kappa shape index (κ1) is 20.5. The number of aryl methyl sites for hydroxylation is 1. The number of guanidine groups is 1. The quantitative estimate of drug-likeness (QED) is 0.457. The first-order valence-electron chi connectivity index (χ1n) is 8.86. The highest BCUT2D eigenvalue weighted by atomic mass is 19.4. The van der Waals surface area contributed by atoms with Crippen LogP contribution in [-0.4, -0.2) is 55.8 Å². The molecule has 0 saturated carbocycles. The molecule has 1 heterocycles. The van der Waals surface area contributed by atoms with Crippen molar-refractivity contribution < 1.29 is 17.6 Å². The largest absolute Gasteiger partial charge is 0.401 e. The maximum Gasteiger partial charge on any atom is 0.401 e. The Kier molecular flexibility index (Phi) is 7.25. The van der Waals surface area contributed by atoms with Crippen molar-refractivity contribution in [2.24, 2.45) is 4.99 Å². The maximum absolute atomic E-state index is 13.1. The number of halogens is 4. The smallest absolute Gasteiger partial charge is 0.357 e. The van der Waals surface area contributed by atoms with Gasteiger partial charge >= 0.3 is 6.18 Å². The van der Waals surface area contributed by atoms with Crippen LogP contribution in [0.25, 0.3) is 0 Å². The zero-order valence-electron chi connectivity index (χ0n) is 15.2. The molecule has 4 nitrogen and oxygen atoms in total. The molecule has 0 aromatic heterocycles. The van der Waals surface area contributed by atoms with E-state index < -0.39 is 12.7 Å². The fourth-order valence-electron chi connectivity index (χ4n) is 3.09. The van der Waals surface area contributed by atoms with Crippen LogP contribution in [0.2, 0.25) is 0 Å². The molecule has 2 rings (SSSR count). The van der Waals surface area contributed by atoms with E-state index in [1.54, 1.807) is 6.07 Å². The van der Waals surface area contributed by atoms with E-state index in [9.17, 15) is 17.6 Å². The van der Waals surface area contributed by atoms with E-state index in [0.29, 0.717) is 45.0 Å². The number of rotatable bonds is 6. The molecule has 1 aliphatic heterocycles. The summed E-state index contributed by atoms with van der Waals surface area (Å²) < 4.78 is 50.6. The van der Waals surface area contributed by atoms with Crippen LogP contribution >= 0.6 is 0 Å². The summed E-state index contributed by atoms with van der Waals surface area (Å²) in [6, 6.07) is 4.63. The molecule has 26 heavy (non-hydrogen) atoms. The summed E-state index contributed by atoms with van der Waals surface area (Å²) in [6.45, 7) is 4.88. The molecule has 0 radical (unpaired) electrons. The van der Waals surface area contributed by atoms with Gasteiger partial charge in [0.25, 0.3) is 0 Å². The van der Waals surface area contributed by atoms with E-state index in [-0.39, 0.29) is 11.9 Å². The zero-order valence-corrected chi connectivity index (χ0v) is 15.2. The summed E-state index contributed by atoms with van der Waals surface area (Å²) >= 11 is 0. The van der Waals surface area contributed by atoms with Crippen LogP contribution in [-0.2, 0) is 6.42 Å². The van der Waals surface area contributed by atoms with E-state index in [1.807, 2.05) is 13.8 Å². The van der Waals surface area contributed by atoms with Gasteiger partial charge in [-0.25, -0.2) is 4.39 Å². The van der Waals surface area contributed by atoms with Crippen LogP contribution in [0.5, 0.6) is 0 Å². The Balaban J connectivity index is 1.87. The number of benzene rings is 1. The molecule has 1 fully saturated rings. The van der Waals surface area contributed by atoms with Crippen molar-refractivity contribution in [2.75, 3.05) is 32.7 Å². The van der Waals surface area contributed by atoms with Gasteiger partial charge in [-0.15, -0.1) is 0 Å². The number of hydrogen-bond donors (Lipinski definition) is 2. The van der Waals surface area contributed by atoms with Crippen LogP contribution in [0.15, 0.2) is 23.2 Å². The Bertz CT molecular complexity index is 616. The van der Waals surface area contributed by atoms with E-state index in [2.05, 4.69) is 15.6 Å². The minimum Gasteiger partial charge on any atom is -0.357 e. The minimum absolute atomic E-state index is 0.0530. The summed E-state index contributed by atoms with van der Waals surface area (Å²) in [4.78, 5) is 5.90. The fraction of sp³-hybridized carbons (Fsp3) is 0.611. The van der Waals surface area contributed by atoms with E-state index >= 15 is 0 Å². The summed E-state index contributed by atoms with van der Waals surface area (Å²) in [6.07, 6.45) is -2.84. The molecule has 1 aromatic rings. The first-order chi connectivity index (χ1) is 12.3. The highest BCUT2D eigenvalue weighted by Crippen LogP contribution is 2.20. The van der Waals surface area contributed by atoms with Gasteiger partial charge in [0.2, 0.25) is 0 Å². The van der Waals surface area contributed by atoms with Crippen molar-refractivity contribution in [3.63, 3.8) is 0 Å². The minimum atomic E-state index is -4.17. The number of likely N-dealkylation sites (tertiary alicyclic amines) is 1. The molecule has 1 atom stereocenters. The number of nitrogens with zero attached hydrogens (tertiary/aromatic N) is 2. The van der Waals surface area contributed by atoms with Gasteiger partial charge < -0.3 is 10.6 Å². The standard InChI is InChI=1S/C18H26F4N4/c1-3-23-17(24-8-6-14-4-5-15(19)10-13(14)2)25-16-7-9-26(11-16)12-18(20,21)22/h4-5,10,16H,3,6-9,11-12H2,1-2H3,(H2,23,24,25). The Morgan fingerprint density at radius 2 is 2.12 bits per heavy atom. The summed E-state index contributed by atoms with van der Waals surface area (Å²) in [7, 11) is 0. The molecule has 0 bridgehead atoms. The normalized spacial score (nSPS) is 19.0.